The Hall–Kier alpha value is -1.62. The molecule has 1 aromatic rings. The number of nitrogens with zero attached hydrogens (tertiary/aromatic N) is 2. The molecule has 16 heavy (non-hydrogen) atoms. The molecule has 0 fully saturated rings. The zero-order valence-corrected chi connectivity index (χ0v) is 9.81. The van der Waals surface area contributed by atoms with Crippen molar-refractivity contribution >= 4 is 26.5 Å². The summed E-state index contributed by atoms with van der Waals surface area (Å²) in [5, 5.41) is 17.5. The molecular formula is C12H6N2S2. The third-order valence-electron chi connectivity index (χ3n) is 2.01. The smallest absolute Gasteiger partial charge is 0.144 e. The van der Waals surface area contributed by atoms with Crippen molar-refractivity contribution in [3.05, 3.63) is 52.4 Å². The fourth-order valence-electron chi connectivity index (χ4n) is 1.24. The molecule has 1 aromatic carbocycles. The standard InChI is InChI=1S/C12H6N2S2/c13-7-10(8-14)12-6-11(15-16-12)9-4-2-1-3-5-9/h1-6H. The van der Waals surface area contributed by atoms with Gasteiger partial charge in [0.2, 0.25) is 0 Å². The van der Waals surface area contributed by atoms with Crippen LogP contribution in [0.1, 0.15) is 5.56 Å². The molecule has 0 amide bonds. The highest BCUT2D eigenvalue weighted by Crippen LogP contribution is 2.50. The lowest BCUT2D eigenvalue weighted by atomic mass is 10.2. The molecule has 0 radical (unpaired) electrons. The Bertz CT molecular complexity index is 529. The van der Waals surface area contributed by atoms with Crippen LogP contribution in [0.15, 0.2) is 46.9 Å². The van der Waals surface area contributed by atoms with Crippen LogP contribution in [0, 0.1) is 22.7 Å². The van der Waals surface area contributed by atoms with E-state index in [1.54, 1.807) is 10.8 Å². The minimum Gasteiger partial charge on any atom is -0.192 e. The van der Waals surface area contributed by atoms with Crippen LogP contribution in [-0.2, 0) is 0 Å². The largest absolute Gasteiger partial charge is 0.192 e. The molecule has 1 aliphatic rings. The van der Waals surface area contributed by atoms with E-state index < -0.39 is 0 Å². The predicted octanol–water partition coefficient (Wildman–Crippen LogP) is 3.72. The molecule has 0 spiro atoms. The predicted molar refractivity (Wildman–Crippen MR) is 67.9 cm³/mol. The van der Waals surface area contributed by atoms with E-state index in [-0.39, 0.29) is 5.57 Å². The summed E-state index contributed by atoms with van der Waals surface area (Å²) in [5.41, 5.74) is 1.30. The molecule has 0 aliphatic carbocycles. The maximum absolute atomic E-state index is 8.76. The molecule has 4 heteroatoms. The van der Waals surface area contributed by atoms with Gasteiger partial charge in [0.15, 0.2) is 0 Å². The Morgan fingerprint density at radius 3 is 2.31 bits per heavy atom. The Balaban J connectivity index is 2.37. The average Bonchev–Trinajstić information content (AvgIpc) is 2.81. The highest BCUT2D eigenvalue weighted by atomic mass is 33.1. The number of hydrogen-bond acceptors (Lipinski definition) is 4. The van der Waals surface area contributed by atoms with E-state index in [0.29, 0.717) is 0 Å². The van der Waals surface area contributed by atoms with Crippen LogP contribution in [-0.4, -0.2) is 0 Å². The topological polar surface area (TPSA) is 47.6 Å². The first kappa shape index (κ1) is 10.9. The SMILES string of the molecule is N#CC(C#N)=C1C=C(c2ccccc2)SS1. The lowest BCUT2D eigenvalue weighted by molar-refractivity contribution is 1.46. The van der Waals surface area contributed by atoms with Gasteiger partial charge in [-0.05, 0) is 11.6 Å². The fourth-order valence-corrected chi connectivity index (χ4v) is 3.60. The second-order valence-corrected chi connectivity index (χ2v) is 5.22. The third-order valence-corrected chi connectivity index (χ3v) is 4.46. The molecule has 0 saturated carbocycles. The van der Waals surface area contributed by atoms with Crippen molar-refractivity contribution in [2.45, 2.75) is 0 Å². The first-order chi connectivity index (χ1) is 7.85. The van der Waals surface area contributed by atoms with Crippen molar-refractivity contribution in [1.29, 1.82) is 10.5 Å². The molecular weight excluding hydrogens is 236 g/mol. The molecule has 0 unspecified atom stereocenters. The van der Waals surface area contributed by atoms with E-state index in [9.17, 15) is 0 Å². The van der Waals surface area contributed by atoms with Gasteiger partial charge in [-0.25, -0.2) is 0 Å². The van der Waals surface area contributed by atoms with Gasteiger partial charge in [0.05, 0.1) is 0 Å². The summed E-state index contributed by atoms with van der Waals surface area (Å²) in [5.74, 6) is 0. The first-order valence-corrected chi connectivity index (χ1v) is 6.66. The summed E-state index contributed by atoms with van der Waals surface area (Å²) in [7, 11) is 3.04. The van der Waals surface area contributed by atoms with Crippen LogP contribution in [0.5, 0.6) is 0 Å². The van der Waals surface area contributed by atoms with E-state index in [1.165, 1.54) is 10.8 Å². The van der Waals surface area contributed by atoms with Crippen molar-refractivity contribution in [3.63, 3.8) is 0 Å². The molecule has 0 aromatic heterocycles. The Morgan fingerprint density at radius 1 is 1.00 bits per heavy atom. The third kappa shape index (κ3) is 2.14. The molecule has 0 atom stereocenters. The van der Waals surface area contributed by atoms with Gasteiger partial charge in [-0.1, -0.05) is 51.9 Å². The molecule has 2 nitrogen and oxygen atoms in total. The summed E-state index contributed by atoms with van der Waals surface area (Å²) in [6, 6.07) is 13.7. The van der Waals surface area contributed by atoms with Gasteiger partial charge in [0.1, 0.15) is 17.7 Å². The van der Waals surface area contributed by atoms with Crippen LogP contribution < -0.4 is 0 Å². The monoisotopic (exact) mass is 242 g/mol. The van der Waals surface area contributed by atoms with E-state index in [0.717, 1.165) is 15.4 Å². The zero-order chi connectivity index (χ0) is 11.4. The quantitative estimate of drug-likeness (QED) is 0.556. The van der Waals surface area contributed by atoms with Crippen molar-refractivity contribution < 1.29 is 0 Å². The van der Waals surface area contributed by atoms with Gasteiger partial charge in [-0.15, -0.1) is 0 Å². The summed E-state index contributed by atoms with van der Waals surface area (Å²) in [6.07, 6.45) is 1.90. The second-order valence-electron chi connectivity index (χ2n) is 3.00. The van der Waals surface area contributed by atoms with Crippen molar-refractivity contribution in [3.8, 4) is 12.1 Å². The van der Waals surface area contributed by atoms with Crippen LogP contribution in [0.2, 0.25) is 0 Å². The summed E-state index contributed by atoms with van der Waals surface area (Å²) >= 11 is 0. The second kappa shape index (κ2) is 4.94. The fraction of sp³-hybridized carbons (Fsp3) is 0. The van der Waals surface area contributed by atoms with Crippen LogP contribution in [0.3, 0.4) is 0 Å². The van der Waals surface area contributed by atoms with Gasteiger partial charge < -0.3 is 0 Å². The summed E-state index contributed by atoms with van der Waals surface area (Å²) in [4.78, 5) is 1.83. The lowest BCUT2D eigenvalue weighted by Crippen LogP contribution is -1.76. The Labute approximate surface area is 102 Å². The number of allylic oxidation sites excluding steroid dienone is 2. The summed E-state index contributed by atoms with van der Waals surface area (Å²) < 4.78 is 0. The van der Waals surface area contributed by atoms with Gasteiger partial charge in [0, 0.05) is 9.81 Å². The van der Waals surface area contributed by atoms with Gasteiger partial charge in [-0.3, -0.25) is 0 Å². The molecule has 0 saturated heterocycles. The normalized spacial score (nSPS) is 13.9. The molecule has 0 N–H and O–H groups in total. The van der Waals surface area contributed by atoms with Gasteiger partial charge in [0.25, 0.3) is 0 Å². The minimum atomic E-state index is 0.184. The molecule has 1 heterocycles. The van der Waals surface area contributed by atoms with E-state index in [1.807, 2.05) is 48.5 Å². The minimum absolute atomic E-state index is 0.184. The van der Waals surface area contributed by atoms with Crippen molar-refractivity contribution in [1.82, 2.24) is 0 Å². The van der Waals surface area contributed by atoms with Crippen molar-refractivity contribution in [2.75, 3.05) is 0 Å². The van der Waals surface area contributed by atoms with Crippen LogP contribution >= 0.6 is 21.6 Å². The van der Waals surface area contributed by atoms with Gasteiger partial charge in [-0.2, -0.15) is 10.5 Å². The van der Waals surface area contributed by atoms with E-state index in [4.69, 9.17) is 10.5 Å². The van der Waals surface area contributed by atoms with Gasteiger partial charge >= 0.3 is 0 Å². The number of benzene rings is 1. The lowest BCUT2D eigenvalue weighted by Gasteiger charge is -1.97. The van der Waals surface area contributed by atoms with E-state index in [2.05, 4.69) is 0 Å². The van der Waals surface area contributed by atoms with E-state index >= 15 is 0 Å². The summed E-state index contributed by atoms with van der Waals surface area (Å²) in [6.45, 7) is 0. The Morgan fingerprint density at radius 2 is 1.69 bits per heavy atom. The maximum atomic E-state index is 8.76. The first-order valence-electron chi connectivity index (χ1n) is 4.51. The van der Waals surface area contributed by atoms with Crippen molar-refractivity contribution in [2.24, 2.45) is 0 Å². The van der Waals surface area contributed by atoms with Crippen LogP contribution in [0.4, 0.5) is 0 Å². The van der Waals surface area contributed by atoms with Crippen LogP contribution in [0.25, 0.3) is 4.91 Å². The number of hydrogen-bond donors (Lipinski definition) is 0. The number of rotatable bonds is 1. The Kier molecular flexibility index (Phi) is 3.36. The maximum Gasteiger partial charge on any atom is 0.144 e. The molecule has 2 rings (SSSR count). The average molecular weight is 242 g/mol. The number of nitriles is 2. The molecule has 1 aliphatic heterocycles. The molecule has 0 bridgehead atoms. The highest BCUT2D eigenvalue weighted by Gasteiger charge is 2.16. The highest BCUT2D eigenvalue weighted by molar-refractivity contribution is 8.82. The zero-order valence-electron chi connectivity index (χ0n) is 8.18. The molecule has 76 valence electrons.